The summed E-state index contributed by atoms with van der Waals surface area (Å²) < 4.78 is 0. The highest BCUT2D eigenvalue weighted by atomic mass is 16.4. The van der Waals surface area contributed by atoms with E-state index in [1.54, 1.807) is 13.8 Å². The third-order valence-electron chi connectivity index (χ3n) is 4.53. The predicted octanol–water partition coefficient (Wildman–Crippen LogP) is 3.40. The fourth-order valence-electron chi connectivity index (χ4n) is 3.15. The summed E-state index contributed by atoms with van der Waals surface area (Å²) in [5, 5.41) is 12.5. The molecule has 5 nitrogen and oxygen atoms in total. The summed E-state index contributed by atoms with van der Waals surface area (Å²) in [5.41, 5.74) is 2.09. The number of aromatic carboxylic acids is 1. The standard InChI is InChI=1S/C18H21N3O2/c1-11-16(18(22)23)20-12(2)21-17(11)19-10-13-8-15(9-13)14-6-4-3-5-7-14/h3-7,13,15H,8-10H2,1-2H3,(H,22,23)(H,19,20,21). The number of aryl methyl sites for hydroxylation is 1. The van der Waals surface area contributed by atoms with Gasteiger partial charge in [-0.15, -0.1) is 0 Å². The second-order valence-corrected chi connectivity index (χ2v) is 6.22. The topological polar surface area (TPSA) is 75.1 Å². The van der Waals surface area contributed by atoms with Gasteiger partial charge >= 0.3 is 5.97 Å². The maximum absolute atomic E-state index is 11.2. The van der Waals surface area contributed by atoms with Crippen LogP contribution in [0, 0.1) is 19.8 Å². The molecule has 0 bridgehead atoms. The molecule has 0 aliphatic heterocycles. The van der Waals surface area contributed by atoms with Crippen molar-refractivity contribution in [2.75, 3.05) is 11.9 Å². The molecular weight excluding hydrogens is 290 g/mol. The molecule has 1 saturated carbocycles. The summed E-state index contributed by atoms with van der Waals surface area (Å²) in [6, 6.07) is 10.6. The van der Waals surface area contributed by atoms with Crippen LogP contribution in [0.2, 0.25) is 0 Å². The Hall–Kier alpha value is -2.43. The van der Waals surface area contributed by atoms with Crippen LogP contribution in [-0.4, -0.2) is 27.6 Å². The summed E-state index contributed by atoms with van der Waals surface area (Å²) in [4.78, 5) is 19.5. The zero-order chi connectivity index (χ0) is 16.4. The number of carboxylic acid groups (broad SMARTS) is 1. The normalized spacial score (nSPS) is 19.9. The van der Waals surface area contributed by atoms with E-state index >= 15 is 0 Å². The highest BCUT2D eigenvalue weighted by Crippen LogP contribution is 2.41. The molecule has 1 aliphatic rings. The SMILES string of the molecule is Cc1nc(NCC2CC(c3ccccc3)C2)c(C)c(C(=O)O)n1. The monoisotopic (exact) mass is 311 g/mol. The Morgan fingerprint density at radius 3 is 2.57 bits per heavy atom. The molecule has 0 unspecified atom stereocenters. The van der Waals surface area contributed by atoms with Crippen molar-refractivity contribution in [1.82, 2.24) is 9.97 Å². The van der Waals surface area contributed by atoms with Crippen molar-refractivity contribution in [1.29, 1.82) is 0 Å². The van der Waals surface area contributed by atoms with Gasteiger partial charge in [0.25, 0.3) is 0 Å². The van der Waals surface area contributed by atoms with Crippen molar-refractivity contribution in [2.24, 2.45) is 5.92 Å². The molecule has 5 heteroatoms. The van der Waals surface area contributed by atoms with Crippen LogP contribution < -0.4 is 5.32 Å². The van der Waals surface area contributed by atoms with E-state index in [2.05, 4.69) is 39.6 Å². The van der Waals surface area contributed by atoms with Gasteiger partial charge in [-0.1, -0.05) is 30.3 Å². The first kappa shape index (κ1) is 15.5. The summed E-state index contributed by atoms with van der Waals surface area (Å²) in [5.74, 6) is 1.35. The highest BCUT2D eigenvalue weighted by molar-refractivity contribution is 5.88. The molecule has 23 heavy (non-hydrogen) atoms. The van der Waals surface area contributed by atoms with Gasteiger partial charge in [-0.05, 0) is 44.1 Å². The number of hydrogen-bond acceptors (Lipinski definition) is 4. The molecule has 1 fully saturated rings. The summed E-state index contributed by atoms with van der Waals surface area (Å²) in [6.07, 6.45) is 2.32. The second kappa shape index (κ2) is 6.36. The Morgan fingerprint density at radius 1 is 1.22 bits per heavy atom. The number of rotatable bonds is 5. The number of hydrogen-bond donors (Lipinski definition) is 2. The number of nitrogens with zero attached hydrogens (tertiary/aromatic N) is 2. The Bertz CT molecular complexity index is 710. The Kier molecular flexibility index (Phi) is 4.28. The quantitative estimate of drug-likeness (QED) is 0.885. The second-order valence-electron chi connectivity index (χ2n) is 6.22. The number of benzene rings is 1. The number of carboxylic acids is 1. The molecular formula is C18H21N3O2. The van der Waals surface area contributed by atoms with E-state index in [1.807, 2.05) is 6.07 Å². The first-order valence-electron chi connectivity index (χ1n) is 7.92. The fraction of sp³-hybridized carbons (Fsp3) is 0.389. The lowest BCUT2D eigenvalue weighted by atomic mass is 9.71. The maximum atomic E-state index is 11.2. The number of aromatic nitrogens is 2. The first-order valence-corrected chi connectivity index (χ1v) is 7.92. The molecule has 0 spiro atoms. The Morgan fingerprint density at radius 2 is 1.91 bits per heavy atom. The van der Waals surface area contributed by atoms with E-state index in [1.165, 1.54) is 5.56 Å². The lowest BCUT2D eigenvalue weighted by molar-refractivity contribution is 0.0689. The van der Waals surface area contributed by atoms with Crippen LogP contribution in [0.1, 0.15) is 46.2 Å². The first-order chi connectivity index (χ1) is 11.0. The molecule has 120 valence electrons. The smallest absolute Gasteiger partial charge is 0.354 e. The molecule has 0 radical (unpaired) electrons. The van der Waals surface area contributed by atoms with Crippen molar-refractivity contribution < 1.29 is 9.90 Å². The molecule has 0 atom stereocenters. The van der Waals surface area contributed by atoms with Gasteiger partial charge in [-0.25, -0.2) is 14.8 Å². The highest BCUT2D eigenvalue weighted by Gasteiger charge is 2.30. The third kappa shape index (κ3) is 3.33. The van der Waals surface area contributed by atoms with Crippen molar-refractivity contribution >= 4 is 11.8 Å². The van der Waals surface area contributed by atoms with Crippen LogP contribution in [0.15, 0.2) is 30.3 Å². The van der Waals surface area contributed by atoms with Gasteiger partial charge in [0.05, 0.1) is 0 Å². The zero-order valence-corrected chi connectivity index (χ0v) is 13.4. The average Bonchev–Trinajstić information content (AvgIpc) is 2.49. The lowest BCUT2D eigenvalue weighted by Gasteiger charge is -2.36. The molecule has 2 N–H and O–H groups in total. The molecule has 3 rings (SSSR count). The Balaban J connectivity index is 1.59. The molecule has 0 saturated heterocycles. The van der Waals surface area contributed by atoms with E-state index in [-0.39, 0.29) is 5.69 Å². The average molecular weight is 311 g/mol. The predicted molar refractivity (Wildman–Crippen MR) is 88.9 cm³/mol. The molecule has 1 aromatic heterocycles. The number of carbonyl (C=O) groups is 1. The lowest BCUT2D eigenvalue weighted by Crippen LogP contribution is -2.28. The molecule has 1 aliphatic carbocycles. The minimum absolute atomic E-state index is 0.0794. The van der Waals surface area contributed by atoms with E-state index in [4.69, 9.17) is 0 Å². The van der Waals surface area contributed by atoms with Gasteiger partial charge in [-0.3, -0.25) is 0 Å². The fourth-order valence-corrected chi connectivity index (χ4v) is 3.15. The summed E-state index contributed by atoms with van der Waals surface area (Å²) in [7, 11) is 0. The van der Waals surface area contributed by atoms with Crippen molar-refractivity contribution in [3.05, 3.63) is 53.0 Å². The Labute approximate surface area is 135 Å². The van der Waals surface area contributed by atoms with Crippen LogP contribution in [0.4, 0.5) is 5.82 Å². The zero-order valence-electron chi connectivity index (χ0n) is 13.4. The minimum Gasteiger partial charge on any atom is -0.476 e. The van der Waals surface area contributed by atoms with E-state index < -0.39 is 5.97 Å². The summed E-state index contributed by atoms with van der Waals surface area (Å²) in [6.45, 7) is 4.28. The number of nitrogens with one attached hydrogen (secondary N) is 1. The molecule has 2 aromatic rings. The largest absolute Gasteiger partial charge is 0.476 e. The van der Waals surface area contributed by atoms with Gasteiger partial charge in [0, 0.05) is 12.1 Å². The van der Waals surface area contributed by atoms with E-state index in [0.717, 1.165) is 19.4 Å². The van der Waals surface area contributed by atoms with Gasteiger partial charge in [0.2, 0.25) is 0 Å². The van der Waals surface area contributed by atoms with Crippen LogP contribution in [0.25, 0.3) is 0 Å². The molecule has 1 aromatic carbocycles. The number of anilines is 1. The van der Waals surface area contributed by atoms with Crippen LogP contribution >= 0.6 is 0 Å². The van der Waals surface area contributed by atoms with E-state index in [0.29, 0.717) is 29.0 Å². The van der Waals surface area contributed by atoms with Crippen LogP contribution in [-0.2, 0) is 0 Å². The van der Waals surface area contributed by atoms with Gasteiger partial charge < -0.3 is 10.4 Å². The van der Waals surface area contributed by atoms with Gasteiger partial charge in [0.1, 0.15) is 11.6 Å². The van der Waals surface area contributed by atoms with Crippen molar-refractivity contribution in [3.8, 4) is 0 Å². The van der Waals surface area contributed by atoms with Crippen LogP contribution in [0.3, 0.4) is 0 Å². The van der Waals surface area contributed by atoms with E-state index in [9.17, 15) is 9.90 Å². The molecule has 0 amide bonds. The maximum Gasteiger partial charge on any atom is 0.354 e. The van der Waals surface area contributed by atoms with Crippen LogP contribution in [0.5, 0.6) is 0 Å². The summed E-state index contributed by atoms with van der Waals surface area (Å²) >= 11 is 0. The van der Waals surface area contributed by atoms with Crippen molar-refractivity contribution in [3.63, 3.8) is 0 Å². The van der Waals surface area contributed by atoms with Crippen molar-refractivity contribution in [2.45, 2.75) is 32.6 Å². The van der Waals surface area contributed by atoms with Gasteiger partial charge in [-0.2, -0.15) is 0 Å². The molecule has 1 heterocycles. The third-order valence-corrected chi connectivity index (χ3v) is 4.53. The minimum atomic E-state index is -1.01. The van der Waals surface area contributed by atoms with Gasteiger partial charge in [0.15, 0.2) is 5.69 Å².